The molecule has 0 saturated heterocycles. The fraction of sp³-hybridized carbons (Fsp3) is 0.308. The molecule has 2 nitrogen and oxygen atoms in total. The summed E-state index contributed by atoms with van der Waals surface area (Å²) in [4.78, 5) is 0. The maximum absolute atomic E-state index is 6.03. The molecule has 3 heteroatoms. The number of rotatable bonds is 8. The molecule has 0 radical (unpaired) electrons. The van der Waals surface area contributed by atoms with E-state index in [1.54, 1.807) is 7.11 Å². The van der Waals surface area contributed by atoms with Crippen LogP contribution in [0.2, 0.25) is 0 Å². The van der Waals surface area contributed by atoms with Crippen molar-refractivity contribution in [3.8, 4) is 5.75 Å². The Morgan fingerprint density at radius 3 is 1.62 bits per heavy atom. The normalized spacial score (nSPS) is 12.0. The summed E-state index contributed by atoms with van der Waals surface area (Å²) in [5.41, 5.74) is 3.62. The Hall–Kier alpha value is -2.23. The van der Waals surface area contributed by atoms with E-state index >= 15 is 0 Å². The lowest BCUT2D eigenvalue weighted by atomic mass is 9.84. The maximum Gasteiger partial charge on any atom is 0.118 e. The van der Waals surface area contributed by atoms with Crippen LogP contribution in [0.1, 0.15) is 37.5 Å². The first-order valence-electron chi connectivity index (χ1n) is 9.99. The molecule has 0 aliphatic rings. The van der Waals surface area contributed by atoms with Gasteiger partial charge in [0.15, 0.2) is 0 Å². The third-order valence-corrected chi connectivity index (χ3v) is 6.31. The molecule has 0 spiro atoms. The van der Waals surface area contributed by atoms with Gasteiger partial charge >= 0.3 is 0 Å². The van der Waals surface area contributed by atoms with E-state index < -0.39 is 0 Å². The molecule has 0 atom stereocenters. The Kier molecular flexibility index (Phi) is 7.05. The Bertz CT molecular complexity index is 829. The van der Waals surface area contributed by atoms with E-state index in [0.29, 0.717) is 6.61 Å². The molecule has 152 valence electrons. The summed E-state index contributed by atoms with van der Waals surface area (Å²) in [7, 11) is 1.70. The van der Waals surface area contributed by atoms with Crippen LogP contribution in [0.5, 0.6) is 5.75 Å². The summed E-state index contributed by atoms with van der Waals surface area (Å²) >= 11 is 1.92. The predicted octanol–water partition coefficient (Wildman–Crippen LogP) is 6.54. The van der Waals surface area contributed by atoms with Gasteiger partial charge in [-0.25, -0.2) is 0 Å². The number of ether oxygens (including phenoxy) is 2. The average Bonchev–Trinajstić information content (AvgIpc) is 2.75. The van der Waals surface area contributed by atoms with Crippen LogP contribution in [0.25, 0.3) is 0 Å². The maximum atomic E-state index is 6.03. The Balaban J connectivity index is 2.08. The van der Waals surface area contributed by atoms with Crippen molar-refractivity contribution in [1.29, 1.82) is 0 Å². The van der Waals surface area contributed by atoms with E-state index in [2.05, 4.69) is 93.6 Å². The van der Waals surface area contributed by atoms with E-state index in [1.807, 2.05) is 23.9 Å². The SMILES string of the molecule is COc1ccc(C(SCCOC(C)(C)C)(c2ccccc2)c2ccccc2)cc1. The van der Waals surface area contributed by atoms with Crippen molar-refractivity contribution in [2.24, 2.45) is 0 Å². The quantitative estimate of drug-likeness (QED) is 0.313. The van der Waals surface area contributed by atoms with Crippen molar-refractivity contribution in [2.75, 3.05) is 19.5 Å². The predicted molar refractivity (Wildman–Crippen MR) is 124 cm³/mol. The fourth-order valence-electron chi connectivity index (χ4n) is 3.46. The molecule has 0 saturated carbocycles. The van der Waals surface area contributed by atoms with Crippen molar-refractivity contribution >= 4 is 11.8 Å². The summed E-state index contributed by atoms with van der Waals surface area (Å²) in [6.07, 6.45) is 0. The van der Waals surface area contributed by atoms with E-state index in [-0.39, 0.29) is 10.3 Å². The van der Waals surface area contributed by atoms with Crippen molar-refractivity contribution in [1.82, 2.24) is 0 Å². The van der Waals surface area contributed by atoms with E-state index in [1.165, 1.54) is 16.7 Å². The van der Waals surface area contributed by atoms with Crippen molar-refractivity contribution in [3.05, 3.63) is 102 Å². The molecule has 0 aromatic heterocycles. The topological polar surface area (TPSA) is 18.5 Å². The molecule has 0 bridgehead atoms. The van der Waals surface area contributed by atoms with E-state index in [9.17, 15) is 0 Å². The van der Waals surface area contributed by atoms with Crippen LogP contribution >= 0.6 is 11.8 Å². The highest BCUT2D eigenvalue weighted by molar-refractivity contribution is 8.00. The van der Waals surface area contributed by atoms with Crippen LogP contribution in [-0.4, -0.2) is 25.1 Å². The Morgan fingerprint density at radius 2 is 1.17 bits per heavy atom. The highest BCUT2D eigenvalue weighted by atomic mass is 32.2. The van der Waals surface area contributed by atoms with Gasteiger partial charge in [-0.05, 0) is 49.6 Å². The van der Waals surface area contributed by atoms with Gasteiger partial charge in [0.05, 0.1) is 24.1 Å². The highest BCUT2D eigenvalue weighted by Gasteiger charge is 2.36. The third kappa shape index (κ3) is 5.23. The first kappa shape index (κ1) is 21.5. The zero-order chi connectivity index (χ0) is 20.7. The smallest absolute Gasteiger partial charge is 0.118 e. The molecule has 0 heterocycles. The molecule has 0 amide bonds. The molecule has 0 aliphatic heterocycles. The van der Waals surface area contributed by atoms with Gasteiger partial charge in [-0.1, -0.05) is 72.8 Å². The molecular formula is C26H30O2S. The van der Waals surface area contributed by atoms with E-state index in [0.717, 1.165) is 11.5 Å². The van der Waals surface area contributed by atoms with Gasteiger partial charge in [-0.15, -0.1) is 11.8 Å². The van der Waals surface area contributed by atoms with Gasteiger partial charge in [0, 0.05) is 5.75 Å². The average molecular weight is 407 g/mol. The molecule has 29 heavy (non-hydrogen) atoms. The van der Waals surface area contributed by atoms with Crippen LogP contribution in [0.15, 0.2) is 84.9 Å². The van der Waals surface area contributed by atoms with Crippen LogP contribution in [0.3, 0.4) is 0 Å². The Labute approximate surface area is 179 Å². The second-order valence-corrected chi connectivity index (χ2v) is 9.26. The molecule has 3 rings (SSSR count). The summed E-state index contributed by atoms with van der Waals surface area (Å²) < 4.78 is 11.1. The van der Waals surface area contributed by atoms with Gasteiger partial charge in [0.2, 0.25) is 0 Å². The van der Waals surface area contributed by atoms with Crippen LogP contribution in [-0.2, 0) is 9.48 Å². The number of hydrogen-bond donors (Lipinski definition) is 0. The largest absolute Gasteiger partial charge is 0.497 e. The monoisotopic (exact) mass is 406 g/mol. The van der Waals surface area contributed by atoms with Gasteiger partial charge in [-0.2, -0.15) is 0 Å². The number of methoxy groups -OCH3 is 1. The molecule has 0 aliphatic carbocycles. The molecule has 3 aromatic rings. The molecular weight excluding hydrogens is 376 g/mol. The highest BCUT2D eigenvalue weighted by Crippen LogP contribution is 2.48. The molecule has 0 fully saturated rings. The fourth-order valence-corrected chi connectivity index (χ4v) is 4.85. The standard InChI is InChI=1S/C26H30O2S/c1-25(2,3)28-19-20-29-26(21-11-7-5-8-12-21,22-13-9-6-10-14-22)23-15-17-24(27-4)18-16-23/h5-18H,19-20H2,1-4H3. The second kappa shape index (κ2) is 9.51. The summed E-state index contributed by atoms with van der Waals surface area (Å²) in [5, 5.41) is 0. The second-order valence-electron chi connectivity index (χ2n) is 7.95. The minimum atomic E-state index is -0.323. The minimum absolute atomic E-state index is 0.136. The van der Waals surface area contributed by atoms with Crippen LogP contribution in [0.4, 0.5) is 0 Å². The minimum Gasteiger partial charge on any atom is -0.497 e. The molecule has 3 aromatic carbocycles. The lowest BCUT2D eigenvalue weighted by molar-refractivity contribution is 0.00689. The Morgan fingerprint density at radius 1 is 0.690 bits per heavy atom. The molecule has 0 N–H and O–H groups in total. The zero-order valence-corrected chi connectivity index (χ0v) is 18.5. The third-order valence-electron chi connectivity index (χ3n) is 4.79. The first-order chi connectivity index (χ1) is 14.0. The first-order valence-corrected chi connectivity index (χ1v) is 11.0. The van der Waals surface area contributed by atoms with Gasteiger partial charge in [0.1, 0.15) is 5.75 Å². The number of hydrogen-bond acceptors (Lipinski definition) is 3. The van der Waals surface area contributed by atoms with Gasteiger partial charge < -0.3 is 9.47 Å². The summed E-state index contributed by atoms with van der Waals surface area (Å²) in [5.74, 6) is 1.75. The summed E-state index contributed by atoms with van der Waals surface area (Å²) in [6, 6.07) is 29.9. The zero-order valence-electron chi connectivity index (χ0n) is 17.7. The van der Waals surface area contributed by atoms with Crippen molar-refractivity contribution < 1.29 is 9.47 Å². The van der Waals surface area contributed by atoms with Gasteiger partial charge in [-0.3, -0.25) is 0 Å². The summed E-state index contributed by atoms with van der Waals surface area (Å²) in [6.45, 7) is 7.00. The molecule has 0 unspecified atom stereocenters. The number of benzene rings is 3. The number of thioether (sulfide) groups is 1. The van der Waals surface area contributed by atoms with Gasteiger partial charge in [0.25, 0.3) is 0 Å². The lowest BCUT2D eigenvalue weighted by Gasteiger charge is -2.36. The van der Waals surface area contributed by atoms with Crippen molar-refractivity contribution in [2.45, 2.75) is 31.1 Å². The van der Waals surface area contributed by atoms with E-state index in [4.69, 9.17) is 9.47 Å². The van der Waals surface area contributed by atoms with Crippen molar-refractivity contribution in [3.63, 3.8) is 0 Å². The van der Waals surface area contributed by atoms with Crippen LogP contribution in [0, 0.1) is 0 Å². The lowest BCUT2D eigenvalue weighted by Crippen LogP contribution is -2.28. The van der Waals surface area contributed by atoms with Crippen LogP contribution < -0.4 is 4.74 Å².